The maximum absolute atomic E-state index is 10.8. The van der Waals surface area contributed by atoms with Gasteiger partial charge in [-0.2, -0.15) is 0 Å². The van der Waals surface area contributed by atoms with Crippen molar-refractivity contribution in [3.63, 3.8) is 0 Å². The summed E-state index contributed by atoms with van der Waals surface area (Å²) in [6.07, 6.45) is 1.50. The third kappa shape index (κ3) is 2.97. The average Bonchev–Trinajstić information content (AvgIpc) is 2.61. The van der Waals surface area contributed by atoms with Crippen LogP contribution in [0, 0.1) is 0 Å². The van der Waals surface area contributed by atoms with Crippen LogP contribution in [0.5, 0.6) is 0 Å². The molecule has 0 N–H and O–H groups in total. The van der Waals surface area contributed by atoms with E-state index in [9.17, 15) is 9.59 Å². The van der Waals surface area contributed by atoms with E-state index in [0.717, 1.165) is 6.08 Å². The van der Waals surface area contributed by atoms with Gasteiger partial charge in [0, 0.05) is 12.5 Å². The summed E-state index contributed by atoms with van der Waals surface area (Å²) in [6.45, 7) is 5.57. The lowest BCUT2D eigenvalue weighted by molar-refractivity contribution is -0.139. The average molecular weight is 214 g/mol. The molecule has 1 aliphatic rings. The molecule has 84 valence electrons. The Morgan fingerprint density at radius 1 is 1.73 bits per heavy atom. The highest BCUT2D eigenvalue weighted by atomic mass is 16.8. The van der Waals surface area contributed by atoms with Crippen LogP contribution in [0.3, 0.4) is 0 Å². The van der Waals surface area contributed by atoms with Crippen molar-refractivity contribution in [1.82, 2.24) is 0 Å². The molecule has 0 spiro atoms. The van der Waals surface area contributed by atoms with Gasteiger partial charge in [0.25, 0.3) is 0 Å². The van der Waals surface area contributed by atoms with Crippen molar-refractivity contribution in [3.8, 4) is 0 Å². The number of rotatable bonds is 5. The third-order valence-corrected chi connectivity index (χ3v) is 2.37. The number of carbonyl (C=O) groups is 2. The van der Waals surface area contributed by atoms with Gasteiger partial charge >= 0.3 is 12.1 Å². The summed E-state index contributed by atoms with van der Waals surface area (Å²) >= 11 is 0. The lowest BCUT2D eigenvalue weighted by Crippen LogP contribution is -2.32. The fourth-order valence-corrected chi connectivity index (χ4v) is 1.30. The molecule has 1 heterocycles. The Hall–Kier alpha value is -1.52. The second kappa shape index (κ2) is 4.82. The van der Waals surface area contributed by atoms with E-state index in [1.807, 2.05) is 6.92 Å². The maximum Gasteiger partial charge on any atom is 0.509 e. The molecule has 0 aromatic heterocycles. The van der Waals surface area contributed by atoms with Gasteiger partial charge in [-0.3, -0.25) is 0 Å². The largest absolute Gasteiger partial charge is 0.509 e. The SMILES string of the molecule is C=CC(=O)OCCC1(CC)COC(=O)O1. The predicted molar refractivity (Wildman–Crippen MR) is 51.2 cm³/mol. The molecule has 5 heteroatoms. The molecule has 0 radical (unpaired) electrons. The van der Waals surface area contributed by atoms with Crippen LogP contribution >= 0.6 is 0 Å². The van der Waals surface area contributed by atoms with Crippen LogP contribution in [-0.2, 0) is 19.0 Å². The van der Waals surface area contributed by atoms with Crippen LogP contribution in [0.25, 0.3) is 0 Å². The van der Waals surface area contributed by atoms with Gasteiger partial charge in [0.1, 0.15) is 6.61 Å². The molecule has 0 amide bonds. The zero-order valence-electron chi connectivity index (χ0n) is 8.65. The first kappa shape index (κ1) is 11.6. The minimum atomic E-state index is -0.660. The number of hydrogen-bond donors (Lipinski definition) is 0. The molecule has 0 saturated carbocycles. The highest BCUT2D eigenvalue weighted by molar-refractivity contribution is 5.81. The zero-order chi connectivity index (χ0) is 11.3. The highest BCUT2D eigenvalue weighted by Gasteiger charge is 2.40. The quantitative estimate of drug-likeness (QED) is 0.511. The molecule has 0 aromatic carbocycles. The molecule has 1 unspecified atom stereocenters. The second-order valence-corrected chi connectivity index (χ2v) is 3.30. The number of esters is 1. The summed E-state index contributed by atoms with van der Waals surface area (Å²) in [5.41, 5.74) is -0.640. The fraction of sp³-hybridized carbons (Fsp3) is 0.600. The van der Waals surface area contributed by atoms with Gasteiger partial charge in [-0.25, -0.2) is 9.59 Å². The van der Waals surface area contributed by atoms with Gasteiger partial charge < -0.3 is 14.2 Å². The second-order valence-electron chi connectivity index (χ2n) is 3.30. The maximum atomic E-state index is 10.8. The molecule has 1 fully saturated rings. The van der Waals surface area contributed by atoms with E-state index in [-0.39, 0.29) is 13.2 Å². The van der Waals surface area contributed by atoms with Crippen molar-refractivity contribution in [2.75, 3.05) is 13.2 Å². The molecule has 1 rings (SSSR count). The Labute approximate surface area is 88.0 Å². The number of ether oxygens (including phenoxy) is 3. The predicted octanol–water partition coefficient (Wildman–Crippen LogP) is 1.42. The van der Waals surface area contributed by atoms with Crippen LogP contribution in [0.4, 0.5) is 4.79 Å². The Bertz CT molecular complexity index is 273. The van der Waals surface area contributed by atoms with Crippen LogP contribution in [-0.4, -0.2) is 30.9 Å². The molecule has 1 atom stereocenters. The standard InChI is InChI=1S/C10H14O5/c1-3-8(11)13-6-5-10(4-2)7-14-9(12)15-10/h3H,1,4-7H2,2H3. The Morgan fingerprint density at radius 3 is 2.93 bits per heavy atom. The molecular weight excluding hydrogens is 200 g/mol. The summed E-state index contributed by atoms with van der Waals surface area (Å²) in [4.78, 5) is 21.6. The van der Waals surface area contributed by atoms with Gasteiger partial charge in [0.15, 0.2) is 5.60 Å². The van der Waals surface area contributed by atoms with Crippen LogP contribution in [0.15, 0.2) is 12.7 Å². The lowest BCUT2D eigenvalue weighted by atomic mass is 9.98. The molecule has 0 aromatic rings. The van der Waals surface area contributed by atoms with Crippen LogP contribution in [0.2, 0.25) is 0 Å². The van der Waals surface area contributed by atoms with Gasteiger partial charge in [0.05, 0.1) is 6.61 Å². The van der Waals surface area contributed by atoms with E-state index in [1.165, 1.54) is 0 Å². The Morgan fingerprint density at radius 2 is 2.47 bits per heavy atom. The summed E-state index contributed by atoms with van der Waals surface area (Å²) in [5, 5.41) is 0. The Kier molecular flexibility index (Phi) is 3.71. The zero-order valence-corrected chi connectivity index (χ0v) is 8.65. The van der Waals surface area contributed by atoms with Gasteiger partial charge in [-0.15, -0.1) is 0 Å². The molecule has 15 heavy (non-hydrogen) atoms. The van der Waals surface area contributed by atoms with Crippen molar-refractivity contribution >= 4 is 12.1 Å². The molecule has 5 nitrogen and oxygen atoms in total. The Balaban J connectivity index is 2.37. The van der Waals surface area contributed by atoms with Crippen molar-refractivity contribution < 1.29 is 23.8 Å². The number of hydrogen-bond acceptors (Lipinski definition) is 5. The minimum absolute atomic E-state index is 0.190. The highest BCUT2D eigenvalue weighted by Crippen LogP contribution is 2.27. The van der Waals surface area contributed by atoms with Crippen LogP contribution in [0.1, 0.15) is 19.8 Å². The molecule has 1 saturated heterocycles. The van der Waals surface area contributed by atoms with Crippen molar-refractivity contribution in [2.45, 2.75) is 25.4 Å². The van der Waals surface area contributed by atoms with E-state index in [4.69, 9.17) is 14.2 Å². The van der Waals surface area contributed by atoms with Gasteiger partial charge in [-0.1, -0.05) is 13.5 Å². The minimum Gasteiger partial charge on any atom is -0.462 e. The van der Waals surface area contributed by atoms with E-state index in [1.54, 1.807) is 0 Å². The van der Waals surface area contributed by atoms with Gasteiger partial charge in [0.2, 0.25) is 0 Å². The monoisotopic (exact) mass is 214 g/mol. The molecule has 0 aliphatic carbocycles. The van der Waals surface area contributed by atoms with E-state index >= 15 is 0 Å². The fourth-order valence-electron chi connectivity index (χ4n) is 1.30. The smallest absolute Gasteiger partial charge is 0.462 e. The van der Waals surface area contributed by atoms with Crippen molar-refractivity contribution in [2.24, 2.45) is 0 Å². The first-order valence-electron chi connectivity index (χ1n) is 4.77. The summed E-state index contributed by atoms with van der Waals surface area (Å²) in [7, 11) is 0. The van der Waals surface area contributed by atoms with Crippen LogP contribution < -0.4 is 0 Å². The van der Waals surface area contributed by atoms with Gasteiger partial charge in [-0.05, 0) is 6.42 Å². The first-order valence-corrected chi connectivity index (χ1v) is 4.77. The van der Waals surface area contributed by atoms with E-state index < -0.39 is 17.7 Å². The number of cyclic esters (lactones) is 2. The molecule has 1 aliphatic heterocycles. The summed E-state index contributed by atoms with van der Waals surface area (Å²) in [6, 6.07) is 0. The van der Waals surface area contributed by atoms with E-state index in [0.29, 0.717) is 12.8 Å². The topological polar surface area (TPSA) is 61.8 Å². The molecule has 0 bridgehead atoms. The normalized spacial score (nSPS) is 24.2. The third-order valence-electron chi connectivity index (χ3n) is 2.37. The first-order chi connectivity index (χ1) is 7.12. The molecular formula is C10H14O5. The van der Waals surface area contributed by atoms with E-state index in [2.05, 4.69) is 6.58 Å². The summed E-state index contributed by atoms with van der Waals surface area (Å²) < 4.78 is 14.6. The summed E-state index contributed by atoms with van der Waals surface area (Å²) in [5.74, 6) is -0.480. The number of carbonyl (C=O) groups excluding carboxylic acids is 2. The lowest BCUT2D eigenvalue weighted by Gasteiger charge is -2.22. The van der Waals surface area contributed by atoms with Crippen molar-refractivity contribution in [3.05, 3.63) is 12.7 Å². The van der Waals surface area contributed by atoms with Crippen molar-refractivity contribution in [1.29, 1.82) is 0 Å².